The smallest absolute Gasteiger partial charge is 0.276 e. The summed E-state index contributed by atoms with van der Waals surface area (Å²) in [7, 11) is 0. The van der Waals surface area contributed by atoms with E-state index in [4.69, 9.17) is 10.5 Å². The Labute approximate surface area is 152 Å². The highest BCUT2D eigenvalue weighted by atomic mass is 19.3. The largest absolute Gasteiger partial charge is 0.385 e. The van der Waals surface area contributed by atoms with Crippen LogP contribution < -0.4 is 11.1 Å². The third-order valence-electron chi connectivity index (χ3n) is 4.06. The third-order valence-corrected chi connectivity index (χ3v) is 4.06. The first kappa shape index (κ1) is 18.8. The fraction of sp³-hybridized carbons (Fsp3) is 0.294. The summed E-state index contributed by atoms with van der Waals surface area (Å²) in [5.74, 6) is -1.68. The topological polar surface area (TPSA) is 102 Å². The van der Waals surface area contributed by atoms with Gasteiger partial charge in [-0.2, -0.15) is 0 Å². The van der Waals surface area contributed by atoms with E-state index in [9.17, 15) is 18.0 Å². The van der Waals surface area contributed by atoms with Gasteiger partial charge in [0.1, 0.15) is 24.0 Å². The van der Waals surface area contributed by atoms with Crippen molar-refractivity contribution in [1.82, 2.24) is 9.97 Å². The van der Waals surface area contributed by atoms with Crippen molar-refractivity contribution in [2.45, 2.75) is 18.9 Å². The first-order valence-corrected chi connectivity index (χ1v) is 7.92. The van der Waals surface area contributed by atoms with Crippen molar-refractivity contribution in [3.8, 4) is 0 Å². The number of carbonyl (C=O) groups excluding carboxylic acids is 1. The number of nitrogens with two attached hydrogens (primary N) is 1. The Balaban J connectivity index is 1.98. The summed E-state index contributed by atoms with van der Waals surface area (Å²) in [5, 5.41) is 2.50. The van der Waals surface area contributed by atoms with E-state index in [0.717, 1.165) is 12.1 Å². The molecule has 3 N–H and O–H groups in total. The Kier molecular flexibility index (Phi) is 5.08. The van der Waals surface area contributed by atoms with Crippen LogP contribution in [0, 0.1) is 12.7 Å². The number of hydrogen-bond acceptors (Lipinski definition) is 6. The number of carbonyl (C=O) groups is 1. The Hall–Kier alpha value is -3.01. The van der Waals surface area contributed by atoms with E-state index in [1.165, 1.54) is 18.5 Å². The number of aliphatic imine (C=N–C) groups is 1. The average Bonchev–Trinajstić information content (AvgIpc) is 2.63. The highest BCUT2D eigenvalue weighted by Crippen LogP contribution is 2.37. The van der Waals surface area contributed by atoms with Crippen molar-refractivity contribution in [3.63, 3.8) is 0 Å². The molecule has 1 atom stereocenters. The maximum Gasteiger partial charge on any atom is 0.276 e. The number of halogens is 3. The van der Waals surface area contributed by atoms with Gasteiger partial charge in [-0.25, -0.2) is 18.2 Å². The first-order chi connectivity index (χ1) is 12.8. The summed E-state index contributed by atoms with van der Waals surface area (Å²) in [4.78, 5) is 24.0. The molecule has 0 saturated heterocycles. The molecule has 0 aliphatic carbocycles. The van der Waals surface area contributed by atoms with E-state index in [1.807, 2.05) is 0 Å². The molecule has 0 unspecified atom stereocenters. The number of anilines is 1. The van der Waals surface area contributed by atoms with E-state index in [1.54, 1.807) is 6.92 Å². The number of amidine groups is 1. The SMILES string of the molecule is Cc1nccnc1C(=O)Nc1ccc(F)c([C@]2(C(F)F)COCC(N)=N2)c1. The van der Waals surface area contributed by atoms with E-state index in [2.05, 4.69) is 20.3 Å². The van der Waals surface area contributed by atoms with Gasteiger partial charge in [-0.3, -0.25) is 14.8 Å². The predicted octanol–water partition coefficient (Wildman–Crippen LogP) is 2.02. The molecule has 10 heteroatoms. The van der Waals surface area contributed by atoms with Crippen molar-refractivity contribution in [1.29, 1.82) is 0 Å². The van der Waals surface area contributed by atoms with Gasteiger partial charge in [-0.15, -0.1) is 0 Å². The van der Waals surface area contributed by atoms with Crippen molar-refractivity contribution < 1.29 is 22.7 Å². The second-order valence-electron chi connectivity index (χ2n) is 5.96. The van der Waals surface area contributed by atoms with Gasteiger partial charge in [0.15, 0.2) is 5.54 Å². The molecule has 1 amide bonds. The second-order valence-corrected chi connectivity index (χ2v) is 5.96. The lowest BCUT2D eigenvalue weighted by molar-refractivity contribution is -0.0145. The number of nitrogens with zero attached hydrogens (tertiary/aromatic N) is 3. The molecule has 0 spiro atoms. The van der Waals surface area contributed by atoms with Gasteiger partial charge < -0.3 is 15.8 Å². The van der Waals surface area contributed by atoms with Crippen LogP contribution in [-0.4, -0.2) is 41.3 Å². The maximum atomic E-state index is 14.4. The van der Waals surface area contributed by atoms with Gasteiger partial charge >= 0.3 is 0 Å². The van der Waals surface area contributed by atoms with Gasteiger partial charge in [0, 0.05) is 23.6 Å². The zero-order valence-corrected chi connectivity index (χ0v) is 14.2. The van der Waals surface area contributed by atoms with Gasteiger partial charge in [0.2, 0.25) is 0 Å². The van der Waals surface area contributed by atoms with Crippen molar-refractivity contribution in [3.05, 3.63) is 53.4 Å². The number of amides is 1. The molecule has 0 bridgehead atoms. The van der Waals surface area contributed by atoms with Gasteiger partial charge in [-0.1, -0.05) is 0 Å². The highest BCUT2D eigenvalue weighted by Gasteiger charge is 2.46. The summed E-state index contributed by atoms with van der Waals surface area (Å²) < 4.78 is 47.1. The van der Waals surface area contributed by atoms with Crippen LogP contribution in [0.15, 0.2) is 35.6 Å². The van der Waals surface area contributed by atoms with E-state index < -0.39 is 35.9 Å². The van der Waals surface area contributed by atoms with Gasteiger partial charge in [-0.05, 0) is 25.1 Å². The molecule has 1 aliphatic rings. The van der Waals surface area contributed by atoms with Crippen LogP contribution in [-0.2, 0) is 10.3 Å². The van der Waals surface area contributed by atoms with E-state index in [0.29, 0.717) is 5.69 Å². The summed E-state index contributed by atoms with van der Waals surface area (Å²) in [6.07, 6.45) is -0.292. The standard InChI is InChI=1S/C17H16F3N5O2/c1-9-14(23-5-4-22-9)15(26)24-10-2-3-12(18)11(6-10)17(16(19)20)8-27-7-13(21)25-17/h2-6,16H,7-8H2,1H3,(H2,21,25)(H,24,26)/t17-/m0/s1. The lowest BCUT2D eigenvalue weighted by Gasteiger charge is -2.33. The van der Waals surface area contributed by atoms with Crippen LogP contribution in [0.25, 0.3) is 0 Å². The molecule has 7 nitrogen and oxygen atoms in total. The fourth-order valence-corrected chi connectivity index (χ4v) is 2.75. The molecule has 0 saturated carbocycles. The first-order valence-electron chi connectivity index (χ1n) is 7.92. The predicted molar refractivity (Wildman–Crippen MR) is 91.2 cm³/mol. The molecule has 1 aromatic heterocycles. The molecule has 2 aromatic rings. The molecule has 27 heavy (non-hydrogen) atoms. The number of benzene rings is 1. The average molecular weight is 379 g/mol. The Bertz CT molecular complexity index is 906. The number of nitrogens with one attached hydrogen (secondary N) is 1. The molecule has 2 heterocycles. The molecule has 0 radical (unpaired) electrons. The van der Waals surface area contributed by atoms with Crippen LogP contribution in [0.3, 0.4) is 0 Å². The molecule has 1 aromatic carbocycles. The van der Waals surface area contributed by atoms with Gasteiger partial charge in [0.25, 0.3) is 12.3 Å². The Morgan fingerprint density at radius 1 is 1.33 bits per heavy atom. The number of rotatable bonds is 4. The van der Waals surface area contributed by atoms with Crippen molar-refractivity contribution in [2.24, 2.45) is 10.7 Å². The number of ether oxygens (including phenoxy) is 1. The Morgan fingerprint density at radius 2 is 2.07 bits per heavy atom. The van der Waals surface area contributed by atoms with Crippen LogP contribution in [0.5, 0.6) is 0 Å². The minimum atomic E-state index is -3.07. The minimum Gasteiger partial charge on any atom is -0.385 e. The summed E-state index contributed by atoms with van der Waals surface area (Å²) in [6.45, 7) is 0.947. The molecular formula is C17H16F3N5O2. The number of hydrogen-bond donors (Lipinski definition) is 2. The maximum absolute atomic E-state index is 14.4. The van der Waals surface area contributed by atoms with Crippen molar-refractivity contribution in [2.75, 3.05) is 18.5 Å². The normalized spacial score (nSPS) is 19.7. The summed E-state index contributed by atoms with van der Waals surface area (Å²) in [5.41, 5.74) is 3.38. The summed E-state index contributed by atoms with van der Waals surface area (Å²) in [6, 6.07) is 3.31. The third kappa shape index (κ3) is 3.61. The van der Waals surface area contributed by atoms with E-state index in [-0.39, 0.29) is 23.8 Å². The highest BCUT2D eigenvalue weighted by molar-refractivity contribution is 6.03. The van der Waals surface area contributed by atoms with Crippen molar-refractivity contribution >= 4 is 17.4 Å². The van der Waals surface area contributed by atoms with E-state index >= 15 is 0 Å². The fourth-order valence-electron chi connectivity index (χ4n) is 2.75. The van der Waals surface area contributed by atoms with Crippen LogP contribution in [0.1, 0.15) is 21.7 Å². The lowest BCUT2D eigenvalue weighted by atomic mass is 9.90. The van der Waals surface area contributed by atoms with Crippen LogP contribution in [0.2, 0.25) is 0 Å². The minimum absolute atomic E-state index is 0.0650. The zero-order chi connectivity index (χ0) is 19.6. The Morgan fingerprint density at radius 3 is 2.74 bits per heavy atom. The van der Waals surface area contributed by atoms with Crippen LogP contribution >= 0.6 is 0 Å². The zero-order valence-electron chi connectivity index (χ0n) is 14.2. The quantitative estimate of drug-likeness (QED) is 0.846. The molecular weight excluding hydrogens is 363 g/mol. The number of aromatic nitrogens is 2. The summed E-state index contributed by atoms with van der Waals surface area (Å²) >= 11 is 0. The number of alkyl halides is 2. The molecule has 142 valence electrons. The lowest BCUT2D eigenvalue weighted by Crippen LogP contribution is -2.45. The monoisotopic (exact) mass is 379 g/mol. The van der Waals surface area contributed by atoms with Crippen LogP contribution in [0.4, 0.5) is 18.9 Å². The van der Waals surface area contributed by atoms with Gasteiger partial charge in [0.05, 0.1) is 12.3 Å². The molecule has 3 rings (SSSR count). The molecule has 0 fully saturated rings. The number of aryl methyl sites for hydroxylation is 1. The second kappa shape index (κ2) is 7.31. The molecule has 1 aliphatic heterocycles.